The Morgan fingerprint density at radius 2 is 1.70 bits per heavy atom. The van der Waals surface area contributed by atoms with Crippen molar-refractivity contribution in [2.24, 2.45) is 0 Å². The molecule has 0 aliphatic heterocycles. The fourth-order valence-electron chi connectivity index (χ4n) is 2.26. The summed E-state index contributed by atoms with van der Waals surface area (Å²) in [5.41, 5.74) is -1.27. The van der Waals surface area contributed by atoms with E-state index in [4.69, 9.17) is 16.7 Å². The van der Waals surface area contributed by atoms with Crippen molar-refractivity contribution < 1.29 is 23.4 Å². The molecule has 0 radical (unpaired) electrons. The van der Waals surface area contributed by atoms with E-state index < -0.39 is 18.1 Å². The summed E-state index contributed by atoms with van der Waals surface area (Å²) in [5.74, 6) is -0.129. The smallest absolute Gasteiger partial charge is 0.396 e. The summed E-state index contributed by atoms with van der Waals surface area (Å²) in [4.78, 5) is 19.7. The lowest BCUT2D eigenvalue weighted by molar-refractivity contribution is -0.141. The second-order valence-electron chi connectivity index (χ2n) is 5.86. The van der Waals surface area contributed by atoms with Gasteiger partial charge in [0.25, 0.3) is 0 Å². The summed E-state index contributed by atoms with van der Waals surface area (Å²) in [6.07, 6.45) is -5.87. The van der Waals surface area contributed by atoms with Crippen LogP contribution in [-0.4, -0.2) is 48.0 Å². The van der Waals surface area contributed by atoms with Gasteiger partial charge in [-0.05, 0) is 24.3 Å². The highest BCUT2D eigenvalue weighted by Crippen LogP contribution is 2.29. The van der Waals surface area contributed by atoms with Crippen LogP contribution in [0.3, 0.4) is 0 Å². The first-order valence-electron chi connectivity index (χ1n) is 8.50. The van der Waals surface area contributed by atoms with Crippen LogP contribution in [0, 0.1) is 0 Å². The number of aromatic nitrogens is 5. The third-order valence-corrected chi connectivity index (χ3v) is 3.77. The molecule has 0 amide bonds. The Labute approximate surface area is 173 Å². The van der Waals surface area contributed by atoms with E-state index in [1.807, 2.05) is 0 Å². The fraction of sp³-hybridized carbons (Fsp3) is 0.235. The van der Waals surface area contributed by atoms with Crippen LogP contribution in [0.5, 0.6) is 0 Å². The molecule has 0 saturated carbocycles. The van der Waals surface area contributed by atoms with Crippen molar-refractivity contribution in [2.75, 3.05) is 17.2 Å². The molecule has 0 aromatic carbocycles. The summed E-state index contributed by atoms with van der Waals surface area (Å²) < 4.78 is 39.0. The van der Waals surface area contributed by atoms with Crippen molar-refractivity contribution >= 4 is 29.3 Å². The Kier molecular flexibility index (Phi) is 6.59. The van der Waals surface area contributed by atoms with Crippen LogP contribution in [0.15, 0.2) is 36.4 Å². The molecular weight excluding hydrogens is 427 g/mol. The molecule has 1 unspecified atom stereocenters. The van der Waals surface area contributed by atoms with Crippen LogP contribution >= 0.6 is 11.6 Å². The first-order valence-corrected chi connectivity index (χ1v) is 8.88. The maximum atomic E-state index is 13.0. The van der Waals surface area contributed by atoms with E-state index in [2.05, 4.69) is 35.6 Å². The van der Waals surface area contributed by atoms with Gasteiger partial charge in [-0.3, -0.25) is 0 Å². The molecule has 13 heteroatoms. The molecule has 3 rings (SSSR count). The second-order valence-corrected chi connectivity index (χ2v) is 6.24. The average molecular weight is 442 g/mol. The fourth-order valence-corrected chi connectivity index (χ4v) is 2.43. The topological polar surface area (TPSA) is 129 Å². The molecule has 0 aliphatic rings. The van der Waals surface area contributed by atoms with Crippen LogP contribution in [0.2, 0.25) is 5.15 Å². The first-order chi connectivity index (χ1) is 14.2. The Morgan fingerprint density at radius 3 is 2.40 bits per heavy atom. The molecule has 0 aliphatic carbocycles. The van der Waals surface area contributed by atoms with E-state index in [-0.39, 0.29) is 47.4 Å². The van der Waals surface area contributed by atoms with E-state index in [1.165, 1.54) is 12.1 Å². The SMILES string of the molecule is OCCC(O)Nc1nc(Nc2cccc(Cl)n2)nc(-c2cccc(C(F)(F)F)n2)n1. The van der Waals surface area contributed by atoms with E-state index in [1.54, 1.807) is 18.2 Å². The van der Waals surface area contributed by atoms with E-state index >= 15 is 0 Å². The number of rotatable bonds is 7. The van der Waals surface area contributed by atoms with Crippen molar-refractivity contribution in [1.29, 1.82) is 0 Å². The van der Waals surface area contributed by atoms with Crippen molar-refractivity contribution in [3.63, 3.8) is 0 Å². The normalized spacial score (nSPS) is 12.5. The minimum Gasteiger partial charge on any atom is -0.396 e. The monoisotopic (exact) mass is 441 g/mol. The quantitative estimate of drug-likeness (QED) is 0.323. The highest BCUT2D eigenvalue weighted by atomic mass is 35.5. The number of aliphatic hydroxyl groups is 2. The second kappa shape index (κ2) is 9.15. The Hall–Kier alpha value is -3.09. The zero-order chi connectivity index (χ0) is 21.7. The largest absolute Gasteiger partial charge is 0.433 e. The number of hydrogen-bond donors (Lipinski definition) is 4. The number of nitrogens with zero attached hydrogens (tertiary/aromatic N) is 5. The standard InChI is InChI=1S/C17H15ClF3N7O2/c18-11-5-2-6-12(23-11)24-15-26-14(27-16(28-15)25-13(30)7-8-29)9-3-1-4-10(22-9)17(19,20)21/h1-6,13,29-30H,7-8H2,(H2,23,24,25,26,27,28). The molecule has 3 aromatic rings. The van der Waals surface area contributed by atoms with Crippen molar-refractivity contribution in [3.05, 3.63) is 47.2 Å². The molecule has 3 aromatic heterocycles. The molecular formula is C17H15ClF3N7O2. The maximum Gasteiger partial charge on any atom is 0.433 e. The zero-order valence-electron chi connectivity index (χ0n) is 15.1. The number of nitrogens with one attached hydrogen (secondary N) is 2. The van der Waals surface area contributed by atoms with Crippen molar-refractivity contribution in [1.82, 2.24) is 24.9 Å². The van der Waals surface area contributed by atoms with Gasteiger partial charge in [0.2, 0.25) is 11.9 Å². The number of aliphatic hydroxyl groups excluding tert-OH is 2. The van der Waals surface area contributed by atoms with E-state index in [0.717, 1.165) is 6.07 Å². The number of halogens is 4. The van der Waals surface area contributed by atoms with Crippen LogP contribution in [0.4, 0.5) is 30.9 Å². The van der Waals surface area contributed by atoms with E-state index in [9.17, 15) is 18.3 Å². The van der Waals surface area contributed by atoms with Crippen LogP contribution < -0.4 is 10.6 Å². The molecule has 3 heterocycles. The molecule has 0 bridgehead atoms. The molecule has 0 saturated heterocycles. The van der Waals surface area contributed by atoms with Crippen LogP contribution in [0.1, 0.15) is 12.1 Å². The molecule has 30 heavy (non-hydrogen) atoms. The number of alkyl halides is 3. The lowest BCUT2D eigenvalue weighted by Crippen LogP contribution is -2.22. The lowest BCUT2D eigenvalue weighted by Gasteiger charge is -2.14. The predicted molar refractivity (Wildman–Crippen MR) is 102 cm³/mol. The van der Waals surface area contributed by atoms with Crippen molar-refractivity contribution in [2.45, 2.75) is 18.8 Å². The van der Waals surface area contributed by atoms with Crippen LogP contribution in [0.25, 0.3) is 11.5 Å². The van der Waals surface area contributed by atoms with Gasteiger partial charge in [0.05, 0.1) is 0 Å². The van der Waals surface area contributed by atoms with Gasteiger partial charge in [0, 0.05) is 13.0 Å². The Balaban J connectivity index is 2.01. The molecule has 4 N–H and O–H groups in total. The highest BCUT2D eigenvalue weighted by Gasteiger charge is 2.32. The van der Waals surface area contributed by atoms with Gasteiger partial charge < -0.3 is 20.8 Å². The third-order valence-electron chi connectivity index (χ3n) is 3.56. The first kappa shape index (κ1) is 21.6. The summed E-state index contributed by atoms with van der Waals surface area (Å²) in [6.45, 7) is -0.307. The van der Waals surface area contributed by atoms with Gasteiger partial charge in [0.1, 0.15) is 28.6 Å². The van der Waals surface area contributed by atoms with Gasteiger partial charge in [-0.1, -0.05) is 23.7 Å². The molecule has 9 nitrogen and oxygen atoms in total. The van der Waals surface area contributed by atoms with Gasteiger partial charge in [-0.2, -0.15) is 28.1 Å². The molecule has 0 spiro atoms. The summed E-state index contributed by atoms with van der Waals surface area (Å²) >= 11 is 5.84. The summed E-state index contributed by atoms with van der Waals surface area (Å²) in [7, 11) is 0. The number of pyridine rings is 2. The Morgan fingerprint density at radius 1 is 0.967 bits per heavy atom. The van der Waals surface area contributed by atoms with Gasteiger partial charge in [-0.25, -0.2) is 9.97 Å². The van der Waals surface area contributed by atoms with Crippen molar-refractivity contribution in [3.8, 4) is 11.5 Å². The number of anilines is 3. The Bertz CT molecular complexity index is 1020. The number of hydrogen-bond acceptors (Lipinski definition) is 9. The minimum atomic E-state index is -4.65. The highest BCUT2D eigenvalue weighted by molar-refractivity contribution is 6.29. The van der Waals surface area contributed by atoms with Crippen LogP contribution in [-0.2, 0) is 6.18 Å². The summed E-state index contributed by atoms with van der Waals surface area (Å²) in [6, 6.07) is 8.05. The van der Waals surface area contributed by atoms with Gasteiger partial charge in [0.15, 0.2) is 5.82 Å². The average Bonchev–Trinajstić information content (AvgIpc) is 2.67. The predicted octanol–water partition coefficient (Wildman–Crippen LogP) is 2.86. The summed E-state index contributed by atoms with van der Waals surface area (Å²) in [5, 5.41) is 24.3. The zero-order valence-corrected chi connectivity index (χ0v) is 15.9. The van der Waals surface area contributed by atoms with E-state index in [0.29, 0.717) is 0 Å². The minimum absolute atomic E-state index is 0.0264. The molecule has 1 atom stereocenters. The lowest BCUT2D eigenvalue weighted by atomic mass is 10.3. The molecule has 158 valence electrons. The van der Waals surface area contributed by atoms with Gasteiger partial charge in [-0.15, -0.1) is 0 Å². The third kappa shape index (κ3) is 5.72. The van der Waals surface area contributed by atoms with Gasteiger partial charge >= 0.3 is 6.18 Å². The maximum absolute atomic E-state index is 13.0. The molecule has 0 fully saturated rings.